The number of aromatic nitrogens is 1. The van der Waals surface area contributed by atoms with E-state index in [1.807, 2.05) is 81.4 Å². The molecular formula is C29H30ClN3. The van der Waals surface area contributed by atoms with Crippen LogP contribution in [0.3, 0.4) is 0 Å². The molecule has 0 fully saturated rings. The van der Waals surface area contributed by atoms with Crippen LogP contribution in [-0.4, -0.2) is 10.7 Å². The number of nitrogens with one attached hydrogen (secondary N) is 2. The molecule has 0 saturated heterocycles. The van der Waals surface area contributed by atoms with Gasteiger partial charge >= 0.3 is 0 Å². The summed E-state index contributed by atoms with van der Waals surface area (Å²) >= 11 is 6.37. The van der Waals surface area contributed by atoms with Crippen LogP contribution in [0.15, 0.2) is 97.1 Å². The summed E-state index contributed by atoms with van der Waals surface area (Å²) in [7, 11) is 0. The maximum Gasteiger partial charge on any atom is 0.131 e. The highest BCUT2D eigenvalue weighted by Crippen LogP contribution is 2.41. The standard InChI is InChI=1S/C27H24ClN3.C2H6/c1-19(29)26-20(2)30-25(28)18-24(26)31-27(21-12-6-3-7-13-21,22-14-8-4-9-15-22)23-16-10-5-11-17-23;1-2/h3-18,29H,1-2H3,(H,30,31);1-2H3. The molecular weight excluding hydrogens is 426 g/mol. The van der Waals surface area contributed by atoms with E-state index in [1.165, 1.54) is 0 Å². The molecule has 4 rings (SSSR count). The third-order valence-electron chi connectivity index (χ3n) is 5.49. The van der Waals surface area contributed by atoms with Gasteiger partial charge in [0, 0.05) is 17.0 Å². The Morgan fingerprint density at radius 2 is 1.18 bits per heavy atom. The summed E-state index contributed by atoms with van der Waals surface area (Å²) in [4.78, 5) is 4.39. The summed E-state index contributed by atoms with van der Waals surface area (Å²) in [5.41, 5.74) is 5.28. The molecule has 0 radical (unpaired) electrons. The van der Waals surface area contributed by atoms with Crippen LogP contribution in [-0.2, 0) is 5.54 Å². The van der Waals surface area contributed by atoms with E-state index in [0.29, 0.717) is 10.9 Å². The summed E-state index contributed by atoms with van der Waals surface area (Å²) in [5.74, 6) is 0. The Hall–Kier alpha value is -3.43. The molecule has 3 aromatic carbocycles. The molecule has 0 bridgehead atoms. The quantitative estimate of drug-likeness (QED) is 0.176. The highest BCUT2D eigenvalue weighted by molar-refractivity contribution is 6.30. The van der Waals surface area contributed by atoms with Crippen molar-refractivity contribution in [2.75, 3.05) is 5.32 Å². The average Bonchev–Trinajstić information content (AvgIpc) is 2.85. The first kappa shape index (κ1) is 24.2. The first-order valence-electron chi connectivity index (χ1n) is 11.2. The number of halogens is 1. The molecule has 4 heteroatoms. The monoisotopic (exact) mass is 455 g/mol. The van der Waals surface area contributed by atoms with Gasteiger partial charge in [-0.3, -0.25) is 0 Å². The topological polar surface area (TPSA) is 48.8 Å². The number of anilines is 1. The summed E-state index contributed by atoms with van der Waals surface area (Å²) in [5, 5.41) is 12.6. The van der Waals surface area contributed by atoms with Gasteiger partial charge in [0.25, 0.3) is 0 Å². The SMILES string of the molecule is CC.CC(=N)c1c(NC(c2ccccc2)(c2ccccc2)c2ccccc2)cc(Cl)nc1C. The molecule has 33 heavy (non-hydrogen) atoms. The summed E-state index contributed by atoms with van der Waals surface area (Å²) in [6, 6.07) is 32.9. The van der Waals surface area contributed by atoms with Crippen LogP contribution < -0.4 is 5.32 Å². The number of nitrogens with zero attached hydrogens (tertiary/aromatic N) is 1. The first-order chi connectivity index (χ1) is 16.0. The fourth-order valence-corrected chi connectivity index (χ4v) is 4.43. The third-order valence-corrected chi connectivity index (χ3v) is 5.68. The van der Waals surface area contributed by atoms with Gasteiger partial charge in [-0.1, -0.05) is 116 Å². The lowest BCUT2D eigenvalue weighted by molar-refractivity contribution is 0.711. The van der Waals surface area contributed by atoms with E-state index < -0.39 is 5.54 Å². The minimum absolute atomic E-state index is 0.396. The molecule has 4 aromatic rings. The maximum absolute atomic E-state index is 8.39. The highest BCUT2D eigenvalue weighted by atomic mass is 35.5. The number of rotatable bonds is 6. The Kier molecular flexibility index (Phi) is 8.02. The summed E-state index contributed by atoms with van der Waals surface area (Å²) < 4.78 is 0. The number of benzene rings is 3. The van der Waals surface area contributed by atoms with Crippen molar-refractivity contribution in [3.8, 4) is 0 Å². The lowest BCUT2D eigenvalue weighted by atomic mass is 9.76. The second-order valence-corrected chi connectivity index (χ2v) is 7.94. The second kappa shape index (κ2) is 10.9. The van der Waals surface area contributed by atoms with E-state index in [2.05, 4.69) is 46.7 Å². The zero-order valence-electron chi connectivity index (χ0n) is 19.6. The Balaban J connectivity index is 0.00000149. The predicted octanol–water partition coefficient (Wildman–Crippen LogP) is 7.86. The van der Waals surface area contributed by atoms with Crippen LogP contribution >= 0.6 is 11.6 Å². The van der Waals surface area contributed by atoms with E-state index >= 15 is 0 Å². The maximum atomic E-state index is 8.39. The summed E-state index contributed by atoms with van der Waals surface area (Å²) in [6.07, 6.45) is 0. The molecule has 1 aromatic heterocycles. The van der Waals surface area contributed by atoms with Gasteiger partial charge in [-0.25, -0.2) is 4.98 Å². The molecule has 0 aliphatic carbocycles. The van der Waals surface area contributed by atoms with E-state index in [9.17, 15) is 0 Å². The molecule has 0 amide bonds. The van der Waals surface area contributed by atoms with Crippen molar-refractivity contribution in [3.63, 3.8) is 0 Å². The zero-order chi connectivity index (χ0) is 23.8. The minimum atomic E-state index is -0.689. The minimum Gasteiger partial charge on any atom is -0.367 e. The van der Waals surface area contributed by atoms with Crippen molar-refractivity contribution >= 4 is 23.0 Å². The molecule has 0 saturated carbocycles. The van der Waals surface area contributed by atoms with E-state index in [1.54, 1.807) is 6.92 Å². The van der Waals surface area contributed by atoms with E-state index in [4.69, 9.17) is 17.0 Å². The molecule has 168 valence electrons. The van der Waals surface area contributed by atoms with Crippen molar-refractivity contribution in [2.24, 2.45) is 0 Å². The molecule has 0 aliphatic heterocycles. The van der Waals surface area contributed by atoms with Gasteiger partial charge in [0.15, 0.2) is 0 Å². The van der Waals surface area contributed by atoms with Gasteiger partial charge in [-0.15, -0.1) is 0 Å². The van der Waals surface area contributed by atoms with Gasteiger partial charge in [0.1, 0.15) is 10.7 Å². The smallest absolute Gasteiger partial charge is 0.131 e. The Labute approximate surface area is 202 Å². The van der Waals surface area contributed by atoms with Gasteiger partial charge < -0.3 is 10.7 Å². The van der Waals surface area contributed by atoms with E-state index in [-0.39, 0.29) is 0 Å². The molecule has 1 heterocycles. The van der Waals surface area contributed by atoms with Crippen LogP contribution in [0.2, 0.25) is 5.15 Å². The van der Waals surface area contributed by atoms with Crippen molar-refractivity contribution in [1.82, 2.24) is 4.98 Å². The molecule has 0 aliphatic rings. The molecule has 2 N–H and O–H groups in total. The number of pyridine rings is 1. The number of aryl methyl sites for hydroxylation is 1. The van der Waals surface area contributed by atoms with Gasteiger partial charge in [0.05, 0.1) is 5.69 Å². The molecule has 3 nitrogen and oxygen atoms in total. The van der Waals surface area contributed by atoms with Crippen molar-refractivity contribution in [1.29, 1.82) is 5.41 Å². The fraction of sp³-hybridized carbons (Fsp3) is 0.172. The van der Waals surface area contributed by atoms with Gasteiger partial charge in [-0.2, -0.15) is 0 Å². The lowest BCUT2D eigenvalue weighted by Crippen LogP contribution is -2.38. The van der Waals surface area contributed by atoms with Gasteiger partial charge in [0.2, 0.25) is 0 Å². The zero-order valence-corrected chi connectivity index (χ0v) is 20.3. The van der Waals surface area contributed by atoms with Crippen LogP contribution in [0.5, 0.6) is 0 Å². The first-order valence-corrected chi connectivity index (χ1v) is 11.6. The lowest BCUT2D eigenvalue weighted by Gasteiger charge is -2.38. The van der Waals surface area contributed by atoms with Crippen molar-refractivity contribution < 1.29 is 0 Å². The van der Waals surface area contributed by atoms with Crippen LogP contribution in [0.4, 0.5) is 5.69 Å². The average molecular weight is 456 g/mol. The van der Waals surface area contributed by atoms with Crippen LogP contribution in [0.25, 0.3) is 0 Å². The second-order valence-electron chi connectivity index (χ2n) is 7.55. The number of hydrogen-bond acceptors (Lipinski definition) is 3. The Bertz CT molecular complexity index is 1090. The van der Waals surface area contributed by atoms with Crippen molar-refractivity contribution in [3.05, 3.63) is 130 Å². The van der Waals surface area contributed by atoms with Crippen LogP contribution in [0.1, 0.15) is 48.7 Å². The fourth-order valence-electron chi connectivity index (χ4n) is 4.19. The normalized spacial score (nSPS) is 10.7. The number of hydrogen-bond donors (Lipinski definition) is 2. The Morgan fingerprint density at radius 3 is 1.55 bits per heavy atom. The van der Waals surface area contributed by atoms with Crippen LogP contribution in [0, 0.1) is 12.3 Å². The highest BCUT2D eigenvalue weighted by Gasteiger charge is 2.37. The molecule has 0 unspecified atom stereocenters. The van der Waals surface area contributed by atoms with Crippen molar-refractivity contribution in [2.45, 2.75) is 33.2 Å². The largest absolute Gasteiger partial charge is 0.367 e. The third kappa shape index (κ3) is 4.99. The van der Waals surface area contributed by atoms with Gasteiger partial charge in [-0.05, 0) is 36.6 Å². The molecule has 0 spiro atoms. The summed E-state index contributed by atoms with van der Waals surface area (Å²) in [6.45, 7) is 7.66. The Morgan fingerprint density at radius 1 is 0.788 bits per heavy atom. The predicted molar refractivity (Wildman–Crippen MR) is 141 cm³/mol. The van der Waals surface area contributed by atoms with E-state index in [0.717, 1.165) is 33.6 Å². The molecule has 0 atom stereocenters.